The van der Waals surface area contributed by atoms with Crippen LogP contribution in [-0.2, 0) is 0 Å². The first kappa shape index (κ1) is 13.0. The highest BCUT2D eigenvalue weighted by Crippen LogP contribution is 2.22. The van der Waals surface area contributed by atoms with Gasteiger partial charge >= 0.3 is 0 Å². The highest BCUT2D eigenvalue weighted by atomic mass is 79.9. The first-order valence-electron chi connectivity index (χ1n) is 5.96. The Morgan fingerprint density at radius 2 is 2.29 bits per heavy atom. The average Bonchev–Trinajstić information content (AvgIpc) is 2.67. The van der Waals surface area contributed by atoms with Crippen molar-refractivity contribution >= 4 is 15.9 Å². The van der Waals surface area contributed by atoms with Crippen molar-refractivity contribution < 1.29 is 4.39 Å². The van der Waals surface area contributed by atoms with Crippen LogP contribution in [0.4, 0.5) is 4.39 Å². The standard InChI is InChI=1S/C13H18BrFN2/c1-9(16-11-5-6-17(2)8-11)12-7-10(14)3-4-13(12)15/h3-4,7,9,11,16H,5-6,8H2,1-2H3. The number of nitrogens with zero attached hydrogens (tertiary/aromatic N) is 1. The molecule has 1 aliphatic heterocycles. The lowest BCUT2D eigenvalue weighted by Crippen LogP contribution is -2.33. The van der Waals surface area contributed by atoms with Crippen LogP contribution in [0.1, 0.15) is 24.9 Å². The van der Waals surface area contributed by atoms with Crippen LogP contribution in [0.3, 0.4) is 0 Å². The molecule has 0 amide bonds. The Hall–Kier alpha value is -0.450. The summed E-state index contributed by atoms with van der Waals surface area (Å²) in [5.41, 5.74) is 0.730. The van der Waals surface area contributed by atoms with Gasteiger partial charge < -0.3 is 10.2 Å². The number of hydrogen-bond donors (Lipinski definition) is 1. The Morgan fingerprint density at radius 1 is 1.53 bits per heavy atom. The summed E-state index contributed by atoms with van der Waals surface area (Å²) in [7, 11) is 2.12. The fraction of sp³-hybridized carbons (Fsp3) is 0.538. The molecule has 2 atom stereocenters. The van der Waals surface area contributed by atoms with Crippen molar-refractivity contribution in [1.82, 2.24) is 10.2 Å². The second-order valence-corrected chi connectivity index (χ2v) is 5.72. The zero-order valence-electron chi connectivity index (χ0n) is 10.2. The third kappa shape index (κ3) is 3.27. The minimum atomic E-state index is -0.139. The molecule has 1 aliphatic rings. The average molecular weight is 301 g/mol. The molecule has 2 rings (SSSR count). The molecule has 1 aromatic carbocycles. The normalized spacial score (nSPS) is 22.9. The van der Waals surface area contributed by atoms with Crippen LogP contribution in [0, 0.1) is 5.82 Å². The van der Waals surface area contributed by atoms with Crippen molar-refractivity contribution in [3.05, 3.63) is 34.1 Å². The molecule has 0 aliphatic carbocycles. The summed E-state index contributed by atoms with van der Waals surface area (Å²) >= 11 is 3.38. The Labute approximate surface area is 110 Å². The molecule has 0 aromatic heterocycles. The van der Waals surface area contributed by atoms with E-state index in [4.69, 9.17) is 0 Å². The lowest BCUT2D eigenvalue weighted by Gasteiger charge is -2.20. The monoisotopic (exact) mass is 300 g/mol. The molecule has 0 bridgehead atoms. The van der Waals surface area contributed by atoms with E-state index in [1.54, 1.807) is 6.07 Å². The van der Waals surface area contributed by atoms with E-state index in [0.717, 1.165) is 29.5 Å². The van der Waals surface area contributed by atoms with Crippen LogP contribution < -0.4 is 5.32 Å². The van der Waals surface area contributed by atoms with Gasteiger partial charge in [0.05, 0.1) is 0 Å². The molecule has 0 spiro atoms. The van der Waals surface area contributed by atoms with Crippen LogP contribution >= 0.6 is 15.9 Å². The maximum Gasteiger partial charge on any atom is 0.128 e. The van der Waals surface area contributed by atoms with Crippen LogP contribution in [0.15, 0.2) is 22.7 Å². The molecular formula is C13H18BrFN2. The van der Waals surface area contributed by atoms with Crippen molar-refractivity contribution in [2.45, 2.75) is 25.4 Å². The molecule has 1 aromatic rings. The number of likely N-dealkylation sites (tertiary alicyclic amines) is 1. The van der Waals surface area contributed by atoms with E-state index < -0.39 is 0 Å². The van der Waals surface area contributed by atoms with E-state index in [1.165, 1.54) is 6.07 Å². The zero-order chi connectivity index (χ0) is 12.4. The van der Waals surface area contributed by atoms with Gasteiger partial charge in [-0.15, -0.1) is 0 Å². The minimum Gasteiger partial charge on any atom is -0.306 e. The molecule has 1 N–H and O–H groups in total. The quantitative estimate of drug-likeness (QED) is 0.923. The Bertz CT molecular complexity index is 397. The predicted octanol–water partition coefficient (Wildman–Crippen LogP) is 2.94. The van der Waals surface area contributed by atoms with Gasteiger partial charge in [0.25, 0.3) is 0 Å². The summed E-state index contributed by atoms with van der Waals surface area (Å²) in [6, 6.07) is 5.61. The SMILES string of the molecule is CC(NC1CCN(C)C1)c1cc(Br)ccc1F. The van der Waals surface area contributed by atoms with E-state index >= 15 is 0 Å². The third-order valence-corrected chi connectivity index (χ3v) is 3.79. The lowest BCUT2D eigenvalue weighted by molar-refractivity contribution is 0.384. The van der Waals surface area contributed by atoms with Crippen molar-refractivity contribution in [2.75, 3.05) is 20.1 Å². The molecule has 2 unspecified atom stereocenters. The van der Waals surface area contributed by atoms with E-state index in [-0.39, 0.29) is 11.9 Å². The second kappa shape index (κ2) is 5.46. The lowest BCUT2D eigenvalue weighted by atomic mass is 10.1. The summed E-state index contributed by atoms with van der Waals surface area (Å²) in [6.45, 7) is 4.18. The third-order valence-electron chi connectivity index (χ3n) is 3.30. The molecule has 0 radical (unpaired) electrons. The van der Waals surface area contributed by atoms with E-state index in [0.29, 0.717) is 6.04 Å². The molecule has 1 saturated heterocycles. The zero-order valence-corrected chi connectivity index (χ0v) is 11.8. The fourth-order valence-electron chi connectivity index (χ4n) is 2.36. The Balaban J connectivity index is 2.04. The molecule has 94 valence electrons. The Morgan fingerprint density at radius 3 is 2.94 bits per heavy atom. The molecular weight excluding hydrogens is 283 g/mol. The van der Waals surface area contributed by atoms with Gasteiger partial charge in [-0.3, -0.25) is 0 Å². The van der Waals surface area contributed by atoms with E-state index in [2.05, 4.69) is 33.2 Å². The van der Waals surface area contributed by atoms with Crippen LogP contribution in [0.5, 0.6) is 0 Å². The van der Waals surface area contributed by atoms with Crippen LogP contribution in [-0.4, -0.2) is 31.1 Å². The topological polar surface area (TPSA) is 15.3 Å². The number of rotatable bonds is 3. The van der Waals surface area contributed by atoms with E-state index in [1.807, 2.05) is 13.0 Å². The summed E-state index contributed by atoms with van der Waals surface area (Å²) in [5, 5.41) is 3.49. The fourth-order valence-corrected chi connectivity index (χ4v) is 2.74. The molecule has 4 heteroatoms. The summed E-state index contributed by atoms with van der Waals surface area (Å²) in [5.74, 6) is -0.139. The van der Waals surface area contributed by atoms with Gasteiger partial charge in [0.1, 0.15) is 5.82 Å². The number of halogens is 2. The highest BCUT2D eigenvalue weighted by Gasteiger charge is 2.22. The molecule has 0 saturated carbocycles. The van der Waals surface area contributed by atoms with Crippen molar-refractivity contribution in [1.29, 1.82) is 0 Å². The smallest absolute Gasteiger partial charge is 0.128 e. The second-order valence-electron chi connectivity index (χ2n) is 4.80. The molecule has 17 heavy (non-hydrogen) atoms. The maximum atomic E-state index is 13.7. The molecule has 2 nitrogen and oxygen atoms in total. The van der Waals surface area contributed by atoms with Gasteiger partial charge in [-0.2, -0.15) is 0 Å². The number of benzene rings is 1. The summed E-state index contributed by atoms with van der Waals surface area (Å²) in [4.78, 5) is 2.29. The highest BCUT2D eigenvalue weighted by molar-refractivity contribution is 9.10. The first-order chi connectivity index (χ1) is 8.06. The minimum absolute atomic E-state index is 0.0454. The van der Waals surface area contributed by atoms with Gasteiger partial charge in [-0.1, -0.05) is 15.9 Å². The van der Waals surface area contributed by atoms with Crippen molar-refractivity contribution in [3.8, 4) is 0 Å². The maximum absolute atomic E-state index is 13.7. The van der Waals surface area contributed by atoms with Crippen molar-refractivity contribution in [3.63, 3.8) is 0 Å². The van der Waals surface area contributed by atoms with E-state index in [9.17, 15) is 4.39 Å². The van der Waals surface area contributed by atoms with Gasteiger partial charge in [-0.05, 0) is 45.1 Å². The first-order valence-corrected chi connectivity index (χ1v) is 6.75. The van der Waals surface area contributed by atoms with Gasteiger partial charge in [0.2, 0.25) is 0 Å². The largest absolute Gasteiger partial charge is 0.306 e. The van der Waals surface area contributed by atoms with Gasteiger partial charge in [0.15, 0.2) is 0 Å². The van der Waals surface area contributed by atoms with Crippen LogP contribution in [0.25, 0.3) is 0 Å². The van der Waals surface area contributed by atoms with Gasteiger partial charge in [-0.25, -0.2) is 4.39 Å². The van der Waals surface area contributed by atoms with Crippen molar-refractivity contribution in [2.24, 2.45) is 0 Å². The number of likely N-dealkylation sites (N-methyl/N-ethyl adjacent to an activating group) is 1. The Kier molecular flexibility index (Phi) is 4.17. The number of nitrogens with one attached hydrogen (secondary N) is 1. The summed E-state index contributed by atoms with van der Waals surface area (Å²) in [6.07, 6.45) is 1.14. The molecule has 1 fully saturated rings. The predicted molar refractivity (Wildman–Crippen MR) is 71.6 cm³/mol. The number of hydrogen-bond acceptors (Lipinski definition) is 2. The molecule has 1 heterocycles. The van der Waals surface area contributed by atoms with Gasteiger partial charge in [0, 0.05) is 28.7 Å². The summed E-state index contributed by atoms with van der Waals surface area (Å²) < 4.78 is 14.6. The van der Waals surface area contributed by atoms with Crippen LogP contribution in [0.2, 0.25) is 0 Å².